The van der Waals surface area contributed by atoms with E-state index in [0.717, 1.165) is 16.5 Å². The molecule has 0 atom stereocenters. The van der Waals surface area contributed by atoms with Crippen LogP contribution in [0.5, 0.6) is 0 Å². The number of nitrogens with zero attached hydrogens (tertiary/aromatic N) is 3. The first-order chi connectivity index (χ1) is 14.6. The van der Waals surface area contributed by atoms with Crippen LogP contribution >= 0.6 is 11.6 Å². The third-order valence-electron chi connectivity index (χ3n) is 4.88. The van der Waals surface area contributed by atoms with Crippen molar-refractivity contribution in [2.24, 2.45) is 0 Å². The maximum absolute atomic E-state index is 12.7. The summed E-state index contributed by atoms with van der Waals surface area (Å²) in [6.45, 7) is 3.72. The summed E-state index contributed by atoms with van der Waals surface area (Å²) in [6, 6.07) is 18.8. The Kier molecular flexibility index (Phi) is 4.38. The van der Waals surface area contributed by atoms with Crippen molar-refractivity contribution in [3.8, 4) is 22.5 Å². The SMILES string of the molecule is C=Cc1cc(=O)c2nc(-c3cc(Cl)c4ncccc4c3)c(-c3ccccc3)nc2[nH]1. The highest BCUT2D eigenvalue weighted by Crippen LogP contribution is 2.34. The Labute approximate surface area is 176 Å². The number of H-pyrrole nitrogens is 1. The zero-order valence-electron chi connectivity index (χ0n) is 15.8. The zero-order valence-corrected chi connectivity index (χ0v) is 16.5. The number of rotatable bonds is 3. The number of fused-ring (bicyclic) bond motifs is 2. The van der Waals surface area contributed by atoms with Gasteiger partial charge in [0.2, 0.25) is 5.43 Å². The van der Waals surface area contributed by atoms with E-state index in [4.69, 9.17) is 21.6 Å². The van der Waals surface area contributed by atoms with E-state index in [2.05, 4.69) is 16.5 Å². The highest BCUT2D eigenvalue weighted by atomic mass is 35.5. The van der Waals surface area contributed by atoms with Gasteiger partial charge in [0.25, 0.3) is 0 Å². The van der Waals surface area contributed by atoms with Crippen LogP contribution in [0.3, 0.4) is 0 Å². The number of benzene rings is 2. The van der Waals surface area contributed by atoms with Crippen LogP contribution in [-0.4, -0.2) is 19.9 Å². The molecule has 0 unspecified atom stereocenters. The fourth-order valence-corrected chi connectivity index (χ4v) is 3.75. The normalized spacial score (nSPS) is 11.1. The molecule has 0 spiro atoms. The Morgan fingerprint density at radius 1 is 0.900 bits per heavy atom. The molecule has 0 radical (unpaired) electrons. The third-order valence-corrected chi connectivity index (χ3v) is 5.17. The summed E-state index contributed by atoms with van der Waals surface area (Å²) < 4.78 is 0. The second-order valence-electron chi connectivity index (χ2n) is 6.81. The van der Waals surface area contributed by atoms with Crippen molar-refractivity contribution in [3.05, 3.63) is 94.4 Å². The van der Waals surface area contributed by atoms with Crippen LogP contribution in [0.1, 0.15) is 5.69 Å². The second-order valence-corrected chi connectivity index (χ2v) is 7.22. The predicted octanol–water partition coefficient (Wildman–Crippen LogP) is 5.50. The maximum Gasteiger partial charge on any atom is 0.210 e. The molecular weight excluding hydrogens is 396 g/mol. The monoisotopic (exact) mass is 410 g/mol. The van der Waals surface area contributed by atoms with E-state index in [1.54, 1.807) is 12.3 Å². The van der Waals surface area contributed by atoms with E-state index in [1.807, 2.05) is 54.6 Å². The standard InChI is InChI=1S/C24H15ClN4O/c1-2-17-13-19(30)23-24(27-17)29-21(14-7-4-3-5-8-14)22(28-23)16-11-15-9-6-10-26-20(15)18(25)12-16/h2-13H,1H2,(H,27,29,30). The fraction of sp³-hybridized carbons (Fsp3) is 0. The van der Waals surface area contributed by atoms with Crippen LogP contribution in [0.2, 0.25) is 5.02 Å². The van der Waals surface area contributed by atoms with Crippen LogP contribution in [0, 0.1) is 0 Å². The van der Waals surface area contributed by atoms with E-state index in [0.29, 0.717) is 33.3 Å². The Morgan fingerprint density at radius 2 is 1.70 bits per heavy atom. The van der Waals surface area contributed by atoms with Crippen molar-refractivity contribution in [1.29, 1.82) is 0 Å². The van der Waals surface area contributed by atoms with E-state index >= 15 is 0 Å². The Hall–Kier alpha value is -3.83. The molecule has 1 N–H and O–H groups in total. The minimum atomic E-state index is -0.222. The van der Waals surface area contributed by atoms with Gasteiger partial charge in [0.1, 0.15) is 0 Å². The minimum Gasteiger partial charge on any atom is -0.338 e. The van der Waals surface area contributed by atoms with Gasteiger partial charge < -0.3 is 4.98 Å². The van der Waals surface area contributed by atoms with Gasteiger partial charge >= 0.3 is 0 Å². The smallest absolute Gasteiger partial charge is 0.210 e. The molecule has 0 aliphatic carbocycles. The van der Waals surface area contributed by atoms with E-state index in [-0.39, 0.29) is 10.9 Å². The summed E-state index contributed by atoms with van der Waals surface area (Å²) in [7, 11) is 0. The van der Waals surface area contributed by atoms with Gasteiger partial charge in [-0.25, -0.2) is 9.97 Å². The van der Waals surface area contributed by atoms with Gasteiger partial charge in [0, 0.05) is 34.5 Å². The van der Waals surface area contributed by atoms with E-state index in [1.165, 1.54) is 6.07 Å². The van der Waals surface area contributed by atoms with Gasteiger partial charge in [0.15, 0.2) is 11.2 Å². The van der Waals surface area contributed by atoms with Crippen molar-refractivity contribution < 1.29 is 0 Å². The topological polar surface area (TPSA) is 71.5 Å². The number of aromatic nitrogens is 4. The molecule has 30 heavy (non-hydrogen) atoms. The van der Waals surface area contributed by atoms with Crippen molar-refractivity contribution in [3.63, 3.8) is 0 Å². The average molecular weight is 411 g/mol. The Bertz CT molecular complexity index is 1490. The Balaban J connectivity index is 1.87. The molecule has 5 rings (SSSR count). The predicted molar refractivity (Wildman–Crippen MR) is 121 cm³/mol. The van der Waals surface area contributed by atoms with Crippen molar-refractivity contribution in [1.82, 2.24) is 19.9 Å². The zero-order chi connectivity index (χ0) is 20.7. The first-order valence-corrected chi connectivity index (χ1v) is 9.69. The molecule has 0 bridgehead atoms. The van der Waals surface area contributed by atoms with Crippen LogP contribution in [-0.2, 0) is 0 Å². The largest absolute Gasteiger partial charge is 0.338 e. The summed E-state index contributed by atoms with van der Waals surface area (Å²) in [4.78, 5) is 29.6. The van der Waals surface area contributed by atoms with Crippen molar-refractivity contribution in [2.45, 2.75) is 0 Å². The molecule has 5 nitrogen and oxygen atoms in total. The minimum absolute atomic E-state index is 0.222. The molecule has 3 aromatic heterocycles. The molecule has 0 aliphatic rings. The molecule has 0 amide bonds. The summed E-state index contributed by atoms with van der Waals surface area (Å²) in [5.74, 6) is 0. The summed E-state index contributed by atoms with van der Waals surface area (Å²) in [6.07, 6.45) is 3.28. The molecule has 144 valence electrons. The lowest BCUT2D eigenvalue weighted by Crippen LogP contribution is -2.08. The lowest BCUT2D eigenvalue weighted by Gasteiger charge is -2.12. The third kappa shape index (κ3) is 3.06. The lowest BCUT2D eigenvalue weighted by molar-refractivity contribution is 1.20. The van der Waals surface area contributed by atoms with Crippen LogP contribution in [0.4, 0.5) is 0 Å². The van der Waals surface area contributed by atoms with Gasteiger partial charge in [-0.1, -0.05) is 54.6 Å². The van der Waals surface area contributed by atoms with Gasteiger partial charge in [-0.3, -0.25) is 9.78 Å². The first-order valence-electron chi connectivity index (χ1n) is 9.31. The van der Waals surface area contributed by atoms with E-state index < -0.39 is 0 Å². The van der Waals surface area contributed by atoms with Gasteiger partial charge in [0.05, 0.1) is 21.9 Å². The van der Waals surface area contributed by atoms with Crippen molar-refractivity contribution in [2.75, 3.05) is 0 Å². The highest BCUT2D eigenvalue weighted by Gasteiger charge is 2.17. The molecule has 3 heterocycles. The molecule has 0 fully saturated rings. The molecule has 6 heteroatoms. The first kappa shape index (κ1) is 18.2. The van der Waals surface area contributed by atoms with Gasteiger partial charge in [-0.2, -0.15) is 0 Å². The lowest BCUT2D eigenvalue weighted by atomic mass is 10.0. The number of halogens is 1. The molecule has 0 saturated carbocycles. The maximum atomic E-state index is 12.7. The number of aromatic amines is 1. The Morgan fingerprint density at radius 3 is 2.50 bits per heavy atom. The van der Waals surface area contributed by atoms with E-state index in [9.17, 15) is 4.79 Å². The average Bonchev–Trinajstić information content (AvgIpc) is 2.78. The summed E-state index contributed by atoms with van der Waals surface area (Å²) in [5.41, 5.74) is 4.64. The van der Waals surface area contributed by atoms with Crippen molar-refractivity contribution >= 4 is 39.7 Å². The molecular formula is C24H15ClN4O. The number of nitrogens with one attached hydrogen (secondary N) is 1. The van der Waals surface area contributed by atoms with Crippen LogP contribution < -0.4 is 5.43 Å². The number of hydrogen-bond acceptors (Lipinski definition) is 4. The van der Waals surface area contributed by atoms with Gasteiger partial charge in [-0.15, -0.1) is 0 Å². The summed E-state index contributed by atoms with van der Waals surface area (Å²) >= 11 is 6.51. The molecule has 0 saturated heterocycles. The number of pyridine rings is 2. The number of hydrogen-bond donors (Lipinski definition) is 1. The fourth-order valence-electron chi connectivity index (χ4n) is 3.47. The van der Waals surface area contributed by atoms with Crippen LogP contribution in [0.15, 0.2) is 78.2 Å². The highest BCUT2D eigenvalue weighted by molar-refractivity contribution is 6.35. The second kappa shape index (κ2) is 7.21. The summed E-state index contributed by atoms with van der Waals surface area (Å²) in [5, 5.41) is 1.40. The van der Waals surface area contributed by atoms with Crippen LogP contribution in [0.25, 0.3) is 50.7 Å². The molecule has 5 aromatic rings. The molecule has 2 aromatic carbocycles. The molecule has 0 aliphatic heterocycles. The quantitative estimate of drug-likeness (QED) is 0.426. The van der Waals surface area contributed by atoms with Gasteiger partial charge in [-0.05, 0) is 24.3 Å².